The first-order valence-corrected chi connectivity index (χ1v) is 11.6. The van der Waals surface area contributed by atoms with Gasteiger partial charge in [-0.3, -0.25) is 14.6 Å². The molecule has 1 amide bonds. The number of likely N-dealkylation sites (tertiary alicyclic amines) is 1. The summed E-state index contributed by atoms with van der Waals surface area (Å²) in [5.74, 6) is 2.64. The third-order valence-corrected chi connectivity index (χ3v) is 6.67. The fourth-order valence-corrected chi connectivity index (χ4v) is 4.92. The molecule has 0 N–H and O–H groups in total. The van der Waals surface area contributed by atoms with Crippen LogP contribution in [0, 0.1) is 11.8 Å². The lowest BCUT2D eigenvalue weighted by molar-refractivity contribution is -0.139. The molecule has 0 aliphatic carbocycles. The quantitative estimate of drug-likeness (QED) is 0.702. The van der Waals surface area contributed by atoms with Crippen molar-refractivity contribution >= 4 is 17.5 Å². The Kier molecular flexibility index (Phi) is 6.94. The van der Waals surface area contributed by atoms with E-state index in [2.05, 4.69) is 45.6 Å². The molecule has 7 nitrogen and oxygen atoms in total. The van der Waals surface area contributed by atoms with Crippen molar-refractivity contribution in [3.63, 3.8) is 0 Å². The Morgan fingerprint density at radius 3 is 2.42 bits per heavy atom. The third kappa shape index (κ3) is 5.45. The highest BCUT2D eigenvalue weighted by Gasteiger charge is 2.32. The molecule has 0 saturated carbocycles. The van der Waals surface area contributed by atoms with Crippen LogP contribution in [0.15, 0.2) is 28.8 Å². The third-order valence-electron chi connectivity index (χ3n) is 6.42. The zero-order chi connectivity index (χ0) is 22.0. The zero-order valence-electron chi connectivity index (χ0n) is 18.6. The van der Waals surface area contributed by atoms with Gasteiger partial charge in [-0.25, -0.2) is 0 Å². The molecule has 31 heavy (non-hydrogen) atoms. The predicted octanol–water partition coefficient (Wildman–Crippen LogP) is 3.40. The lowest BCUT2D eigenvalue weighted by Crippen LogP contribution is -2.56. The topological polar surface area (TPSA) is 65.7 Å². The van der Waals surface area contributed by atoms with Crippen molar-refractivity contribution in [3.8, 4) is 11.4 Å². The number of aromatic nitrogens is 2. The van der Waals surface area contributed by atoms with Gasteiger partial charge in [0.05, 0.1) is 12.6 Å². The smallest absolute Gasteiger partial charge is 0.241 e. The Labute approximate surface area is 189 Å². The number of piperidine rings is 1. The van der Waals surface area contributed by atoms with Crippen LogP contribution in [-0.4, -0.2) is 76.1 Å². The molecule has 3 atom stereocenters. The average molecular weight is 446 g/mol. The van der Waals surface area contributed by atoms with Gasteiger partial charge < -0.3 is 9.42 Å². The van der Waals surface area contributed by atoms with E-state index in [4.69, 9.17) is 16.1 Å². The van der Waals surface area contributed by atoms with Crippen molar-refractivity contribution in [1.82, 2.24) is 24.8 Å². The normalized spacial score (nSPS) is 24.3. The van der Waals surface area contributed by atoms with Gasteiger partial charge in [0, 0.05) is 49.9 Å². The van der Waals surface area contributed by atoms with Gasteiger partial charge in [-0.15, -0.1) is 0 Å². The van der Waals surface area contributed by atoms with E-state index < -0.39 is 0 Å². The maximum atomic E-state index is 13.0. The minimum atomic E-state index is -0.0699. The van der Waals surface area contributed by atoms with Crippen LogP contribution in [-0.2, 0) is 11.3 Å². The van der Waals surface area contributed by atoms with Crippen LogP contribution in [0.4, 0.5) is 0 Å². The number of halogens is 1. The molecule has 0 radical (unpaired) electrons. The second kappa shape index (κ2) is 9.67. The second-order valence-corrected chi connectivity index (χ2v) is 9.63. The molecule has 3 heterocycles. The maximum Gasteiger partial charge on any atom is 0.241 e. The summed E-state index contributed by atoms with van der Waals surface area (Å²) in [6, 6.07) is 7.34. The Balaban J connectivity index is 1.28. The highest BCUT2D eigenvalue weighted by atomic mass is 35.5. The van der Waals surface area contributed by atoms with Crippen molar-refractivity contribution < 1.29 is 9.32 Å². The number of amides is 1. The van der Waals surface area contributed by atoms with E-state index in [0.717, 1.165) is 44.8 Å². The Hall–Kier alpha value is -1.96. The molecular weight excluding hydrogens is 414 g/mol. The molecular formula is C23H32ClN5O2. The highest BCUT2D eigenvalue weighted by Crippen LogP contribution is 2.23. The van der Waals surface area contributed by atoms with E-state index in [9.17, 15) is 4.79 Å². The first kappa shape index (κ1) is 22.2. The number of nitrogens with zero attached hydrogens (tertiary/aromatic N) is 5. The summed E-state index contributed by atoms with van der Waals surface area (Å²) in [6.07, 6.45) is 1.21. The van der Waals surface area contributed by atoms with E-state index in [1.807, 2.05) is 24.3 Å². The van der Waals surface area contributed by atoms with Gasteiger partial charge in [0.25, 0.3) is 0 Å². The molecule has 8 heteroatoms. The minimum Gasteiger partial charge on any atom is -0.341 e. The van der Waals surface area contributed by atoms with Crippen molar-refractivity contribution in [1.29, 1.82) is 0 Å². The summed E-state index contributed by atoms with van der Waals surface area (Å²) in [5, 5.41) is 4.78. The summed E-state index contributed by atoms with van der Waals surface area (Å²) >= 11 is 5.94. The number of carbonyl (C=O) groups excluding carboxylic acids is 1. The van der Waals surface area contributed by atoms with Crippen LogP contribution in [0.1, 0.15) is 33.1 Å². The van der Waals surface area contributed by atoms with Crippen molar-refractivity contribution in [2.24, 2.45) is 11.8 Å². The summed E-state index contributed by atoms with van der Waals surface area (Å²) in [7, 11) is 0. The lowest BCUT2D eigenvalue weighted by atomic mass is 9.91. The van der Waals surface area contributed by atoms with Gasteiger partial charge in [0.15, 0.2) is 0 Å². The fourth-order valence-electron chi connectivity index (χ4n) is 4.80. The van der Waals surface area contributed by atoms with Crippen molar-refractivity contribution in [2.45, 2.75) is 39.8 Å². The van der Waals surface area contributed by atoms with Crippen LogP contribution in [0.3, 0.4) is 0 Å². The zero-order valence-corrected chi connectivity index (χ0v) is 19.4. The number of carbonyl (C=O) groups is 1. The molecule has 2 aliphatic rings. The molecule has 0 spiro atoms. The molecule has 3 unspecified atom stereocenters. The van der Waals surface area contributed by atoms with Crippen LogP contribution in [0.5, 0.6) is 0 Å². The Morgan fingerprint density at radius 2 is 1.77 bits per heavy atom. The summed E-state index contributed by atoms with van der Waals surface area (Å²) in [4.78, 5) is 24.3. The SMILES string of the molecule is CC1CC(C)CN(C(=O)C(C)N2CCN(Cc3nc(-c4ccc(Cl)cc4)no3)CC2)C1. The van der Waals surface area contributed by atoms with Gasteiger partial charge in [-0.05, 0) is 49.4 Å². The van der Waals surface area contributed by atoms with Gasteiger partial charge in [-0.1, -0.05) is 30.6 Å². The number of hydrogen-bond acceptors (Lipinski definition) is 6. The van der Waals surface area contributed by atoms with E-state index in [-0.39, 0.29) is 11.9 Å². The summed E-state index contributed by atoms with van der Waals surface area (Å²) in [5.41, 5.74) is 0.887. The number of benzene rings is 1. The molecule has 2 aromatic rings. The molecule has 2 saturated heterocycles. The number of piperazine rings is 1. The van der Waals surface area contributed by atoms with Crippen LogP contribution in [0.2, 0.25) is 5.02 Å². The highest BCUT2D eigenvalue weighted by molar-refractivity contribution is 6.30. The Morgan fingerprint density at radius 1 is 1.13 bits per heavy atom. The van der Waals surface area contributed by atoms with Crippen LogP contribution < -0.4 is 0 Å². The molecule has 2 aliphatic heterocycles. The fraction of sp³-hybridized carbons (Fsp3) is 0.609. The van der Waals surface area contributed by atoms with Crippen LogP contribution in [0.25, 0.3) is 11.4 Å². The van der Waals surface area contributed by atoms with Gasteiger partial charge in [-0.2, -0.15) is 4.98 Å². The van der Waals surface area contributed by atoms with E-state index in [0.29, 0.717) is 35.1 Å². The molecule has 1 aromatic carbocycles. The number of hydrogen-bond donors (Lipinski definition) is 0. The number of rotatable bonds is 5. The largest absolute Gasteiger partial charge is 0.341 e. The lowest BCUT2D eigenvalue weighted by Gasteiger charge is -2.41. The average Bonchev–Trinajstić information content (AvgIpc) is 3.21. The van der Waals surface area contributed by atoms with E-state index in [1.165, 1.54) is 6.42 Å². The first-order valence-electron chi connectivity index (χ1n) is 11.2. The van der Waals surface area contributed by atoms with E-state index >= 15 is 0 Å². The second-order valence-electron chi connectivity index (χ2n) is 9.20. The molecule has 4 rings (SSSR count). The van der Waals surface area contributed by atoms with Crippen molar-refractivity contribution in [2.75, 3.05) is 39.3 Å². The van der Waals surface area contributed by atoms with Crippen molar-refractivity contribution in [3.05, 3.63) is 35.2 Å². The molecule has 0 bridgehead atoms. The van der Waals surface area contributed by atoms with E-state index in [1.54, 1.807) is 0 Å². The van der Waals surface area contributed by atoms with Gasteiger partial charge >= 0.3 is 0 Å². The van der Waals surface area contributed by atoms with Gasteiger partial charge in [0.2, 0.25) is 17.6 Å². The maximum absolute atomic E-state index is 13.0. The van der Waals surface area contributed by atoms with Gasteiger partial charge in [0.1, 0.15) is 0 Å². The van der Waals surface area contributed by atoms with Crippen LogP contribution >= 0.6 is 11.6 Å². The molecule has 2 fully saturated rings. The first-order chi connectivity index (χ1) is 14.9. The molecule has 1 aromatic heterocycles. The molecule has 168 valence electrons. The summed E-state index contributed by atoms with van der Waals surface area (Å²) < 4.78 is 5.45. The standard InChI is InChI=1S/C23H32ClN5O2/c1-16-12-17(2)14-29(13-16)23(30)18(3)28-10-8-27(9-11-28)15-21-25-22(26-31-21)19-4-6-20(24)7-5-19/h4-7,16-18H,8-15H2,1-3H3. The minimum absolute atomic E-state index is 0.0699. The predicted molar refractivity (Wildman–Crippen MR) is 121 cm³/mol. The Bertz CT molecular complexity index is 868. The monoisotopic (exact) mass is 445 g/mol. The summed E-state index contributed by atoms with van der Waals surface area (Å²) in [6.45, 7) is 12.4.